The Bertz CT molecular complexity index is 1420. The van der Waals surface area contributed by atoms with E-state index >= 15 is 0 Å². The number of aryl methyl sites for hydroxylation is 2. The molecule has 2 aliphatic carbocycles. The van der Waals surface area contributed by atoms with E-state index in [1.807, 2.05) is 0 Å². The van der Waals surface area contributed by atoms with Crippen LogP contribution < -0.4 is 5.32 Å². The molecule has 3 aliphatic rings. The van der Waals surface area contributed by atoms with Gasteiger partial charge in [-0.3, -0.25) is 14.9 Å². The lowest BCUT2D eigenvalue weighted by atomic mass is 9.82. The highest BCUT2D eigenvalue weighted by molar-refractivity contribution is 6.11. The van der Waals surface area contributed by atoms with Gasteiger partial charge in [-0.25, -0.2) is 9.59 Å². The maximum absolute atomic E-state index is 13.3. The van der Waals surface area contributed by atoms with Crippen molar-refractivity contribution in [1.29, 1.82) is 0 Å². The van der Waals surface area contributed by atoms with E-state index in [1.165, 1.54) is 19.3 Å². The fourth-order valence-corrected chi connectivity index (χ4v) is 5.57. The van der Waals surface area contributed by atoms with Crippen LogP contribution in [0.15, 0.2) is 30.1 Å². The zero-order valence-electron chi connectivity index (χ0n) is 21.7. The number of carbonyl (C=O) groups excluding carboxylic acids is 4. The van der Waals surface area contributed by atoms with Crippen LogP contribution in [0.1, 0.15) is 65.0 Å². The predicted octanol–water partition coefficient (Wildman–Crippen LogP) is 3.69. The number of nitrogens with zero attached hydrogens (tertiary/aromatic N) is 2. The number of methoxy groups -OCH3 is 1. The Hall–Kier alpha value is -4.08. The number of amides is 2. The van der Waals surface area contributed by atoms with Crippen molar-refractivity contribution < 1.29 is 28.7 Å². The minimum Gasteiger partial charge on any atom is -0.465 e. The second-order valence-electron chi connectivity index (χ2n) is 10.8. The molecule has 5 rings (SSSR count). The van der Waals surface area contributed by atoms with Gasteiger partial charge in [-0.05, 0) is 52.2 Å². The molecular formula is C27H30N4O6. The summed E-state index contributed by atoms with van der Waals surface area (Å²) >= 11 is 0. The lowest BCUT2D eigenvalue weighted by Crippen LogP contribution is -2.33. The summed E-state index contributed by atoms with van der Waals surface area (Å²) in [5, 5.41) is 2.69. The second-order valence-corrected chi connectivity index (χ2v) is 10.8. The molecule has 0 unspecified atom stereocenters. The fraction of sp³-hybridized carbons (Fsp3) is 0.407. The third-order valence-electron chi connectivity index (χ3n) is 7.14. The van der Waals surface area contributed by atoms with Crippen molar-refractivity contribution in [3.8, 4) is 0 Å². The molecule has 194 valence electrons. The summed E-state index contributed by atoms with van der Waals surface area (Å²) in [6, 6.07) is 1.73. The molecule has 37 heavy (non-hydrogen) atoms. The minimum absolute atomic E-state index is 0.126. The van der Waals surface area contributed by atoms with E-state index in [0.29, 0.717) is 46.1 Å². The van der Waals surface area contributed by atoms with Crippen LogP contribution in [0.4, 0.5) is 10.5 Å². The minimum atomic E-state index is -0.617. The fourth-order valence-electron chi connectivity index (χ4n) is 5.57. The van der Waals surface area contributed by atoms with Gasteiger partial charge in [0.15, 0.2) is 0 Å². The zero-order chi connectivity index (χ0) is 26.9. The van der Waals surface area contributed by atoms with Gasteiger partial charge in [-0.15, -0.1) is 0 Å². The first-order chi connectivity index (χ1) is 17.4. The summed E-state index contributed by atoms with van der Waals surface area (Å²) in [5.74, 6) is -0.887. The van der Waals surface area contributed by atoms with Gasteiger partial charge in [0, 0.05) is 60.0 Å². The van der Waals surface area contributed by atoms with Crippen molar-refractivity contribution in [1.82, 2.24) is 14.5 Å². The number of H-pyrrole nitrogens is 1. The smallest absolute Gasteiger partial charge is 0.412 e. The number of aromatic nitrogens is 2. The number of nitrogens with one attached hydrogen (secondary N) is 2. The standard InChI is InChI=1S/C27H30N4O6/c1-14-21(24(34)36-6)22-23(28-14)18(32)10-19-27(22)11-15(27)12-31(19)20(33)8-7-17-9-16(13-30(17)5)29-25(35)37-26(2,3)4/h7-10,13,15,28H,11-12H2,1-6H3,(H,29,35)/b8-7+/t15-,27+/m1/s1. The van der Waals surface area contributed by atoms with Gasteiger partial charge in [0.05, 0.1) is 24.1 Å². The number of likely N-dealkylation sites (tertiary alicyclic amines) is 1. The Labute approximate surface area is 214 Å². The molecule has 2 amide bonds. The first-order valence-corrected chi connectivity index (χ1v) is 12.1. The van der Waals surface area contributed by atoms with Crippen molar-refractivity contribution in [2.45, 2.75) is 45.1 Å². The lowest BCUT2D eigenvalue weighted by Gasteiger charge is -2.27. The van der Waals surface area contributed by atoms with Crippen LogP contribution in [0.3, 0.4) is 0 Å². The molecule has 2 N–H and O–H groups in total. The molecule has 0 bridgehead atoms. The number of hydrogen-bond acceptors (Lipinski definition) is 6. The van der Waals surface area contributed by atoms with Gasteiger partial charge in [0.1, 0.15) is 5.60 Å². The van der Waals surface area contributed by atoms with Gasteiger partial charge >= 0.3 is 12.1 Å². The number of rotatable bonds is 4. The van der Waals surface area contributed by atoms with Gasteiger partial charge in [-0.2, -0.15) is 0 Å². The number of ether oxygens (including phenoxy) is 2. The van der Waals surface area contributed by atoms with Gasteiger partial charge in [0.2, 0.25) is 5.78 Å². The Kier molecular flexibility index (Phi) is 5.47. The first kappa shape index (κ1) is 24.6. The van der Waals surface area contributed by atoms with E-state index < -0.39 is 23.1 Å². The van der Waals surface area contributed by atoms with E-state index in [4.69, 9.17) is 9.47 Å². The van der Waals surface area contributed by atoms with Crippen molar-refractivity contribution >= 4 is 35.5 Å². The third-order valence-corrected chi connectivity index (χ3v) is 7.14. The SMILES string of the molecule is COC(=O)c1c(C)[nH]c2c1[C@@]13C[C@@H]1CN(C(=O)/C=C/c1cc(NC(=O)OC(C)(C)C)cn1C)C3=CC2=O. The highest BCUT2D eigenvalue weighted by atomic mass is 16.6. The molecule has 0 aromatic carbocycles. The molecule has 2 fully saturated rings. The number of piperidine rings is 1. The number of aromatic amines is 1. The maximum atomic E-state index is 13.3. The average Bonchev–Trinajstić information content (AvgIpc) is 3.04. The number of carbonyl (C=O) groups is 4. The second kappa shape index (κ2) is 8.22. The van der Waals surface area contributed by atoms with Crippen LogP contribution in [-0.4, -0.2) is 57.5 Å². The van der Waals surface area contributed by atoms with E-state index in [9.17, 15) is 19.2 Å². The average molecular weight is 507 g/mol. The number of ketones is 1. The summed E-state index contributed by atoms with van der Waals surface area (Å²) in [7, 11) is 3.12. The monoisotopic (exact) mass is 506 g/mol. The summed E-state index contributed by atoms with van der Waals surface area (Å²) < 4.78 is 12.1. The van der Waals surface area contributed by atoms with Crippen LogP contribution in [0.2, 0.25) is 0 Å². The summed E-state index contributed by atoms with van der Waals surface area (Å²) in [6.45, 7) is 7.57. The lowest BCUT2D eigenvalue weighted by molar-refractivity contribution is -0.123. The largest absolute Gasteiger partial charge is 0.465 e. The van der Waals surface area contributed by atoms with E-state index in [2.05, 4.69) is 10.3 Å². The number of hydrogen-bond donors (Lipinski definition) is 2. The van der Waals surface area contributed by atoms with Crippen LogP contribution in [0.5, 0.6) is 0 Å². The maximum Gasteiger partial charge on any atom is 0.412 e. The molecule has 10 nitrogen and oxygen atoms in total. The van der Waals surface area contributed by atoms with Crippen LogP contribution >= 0.6 is 0 Å². The number of allylic oxidation sites excluding steroid dienone is 2. The number of fused-ring (bicyclic) bond motifs is 1. The summed E-state index contributed by atoms with van der Waals surface area (Å²) in [6.07, 6.45) is 6.56. The Morgan fingerprint density at radius 1 is 1.27 bits per heavy atom. The quantitative estimate of drug-likeness (QED) is 0.482. The topological polar surface area (TPSA) is 123 Å². The Balaban J connectivity index is 1.37. The molecule has 2 atom stereocenters. The van der Waals surface area contributed by atoms with Crippen molar-refractivity contribution in [3.63, 3.8) is 0 Å². The van der Waals surface area contributed by atoms with Crippen LogP contribution in [0.25, 0.3) is 6.08 Å². The summed E-state index contributed by atoms with van der Waals surface area (Å²) in [5.41, 5.74) is 2.76. The molecule has 1 saturated carbocycles. The number of anilines is 1. The van der Waals surface area contributed by atoms with Gasteiger partial charge in [-0.1, -0.05) is 0 Å². The molecule has 3 heterocycles. The number of esters is 1. The van der Waals surface area contributed by atoms with Crippen molar-refractivity contribution in [2.75, 3.05) is 19.0 Å². The zero-order valence-corrected chi connectivity index (χ0v) is 21.7. The molecule has 2 aromatic rings. The van der Waals surface area contributed by atoms with E-state index in [-0.39, 0.29) is 17.6 Å². The summed E-state index contributed by atoms with van der Waals surface area (Å²) in [4.78, 5) is 55.6. The van der Waals surface area contributed by atoms with Crippen molar-refractivity contribution in [3.05, 3.63) is 58.3 Å². The Morgan fingerprint density at radius 3 is 2.68 bits per heavy atom. The van der Waals surface area contributed by atoms with Crippen LogP contribution in [-0.2, 0) is 26.7 Å². The van der Waals surface area contributed by atoms with E-state index in [1.54, 1.807) is 62.5 Å². The molecule has 10 heteroatoms. The highest BCUT2D eigenvalue weighted by Gasteiger charge is 2.68. The Morgan fingerprint density at radius 2 is 2.00 bits per heavy atom. The van der Waals surface area contributed by atoms with Gasteiger partial charge < -0.3 is 23.9 Å². The van der Waals surface area contributed by atoms with E-state index in [0.717, 1.165) is 6.42 Å². The predicted molar refractivity (Wildman–Crippen MR) is 135 cm³/mol. The third kappa shape index (κ3) is 3.96. The molecule has 0 radical (unpaired) electrons. The molecule has 1 saturated heterocycles. The van der Waals surface area contributed by atoms with Crippen LogP contribution in [0, 0.1) is 12.8 Å². The molecule has 1 aliphatic heterocycles. The van der Waals surface area contributed by atoms with Crippen molar-refractivity contribution in [2.24, 2.45) is 13.0 Å². The van der Waals surface area contributed by atoms with Gasteiger partial charge in [0.25, 0.3) is 5.91 Å². The first-order valence-electron chi connectivity index (χ1n) is 12.1. The molecule has 1 spiro atoms. The molecular weight excluding hydrogens is 476 g/mol. The highest BCUT2D eigenvalue weighted by Crippen LogP contribution is 2.67. The normalized spacial score (nSPS) is 21.8. The molecule has 2 aromatic heterocycles.